The second kappa shape index (κ2) is 10.0. The number of benzene rings is 1. The molecule has 1 aromatic heterocycles. The van der Waals surface area contributed by atoms with Gasteiger partial charge in [0.1, 0.15) is 5.54 Å². The van der Waals surface area contributed by atoms with Gasteiger partial charge in [-0.15, -0.1) is 0 Å². The van der Waals surface area contributed by atoms with Crippen molar-refractivity contribution in [2.75, 3.05) is 13.1 Å². The van der Waals surface area contributed by atoms with Crippen LogP contribution in [-0.2, 0) is 11.3 Å². The number of pyridine rings is 1. The average Bonchev–Trinajstić information content (AvgIpc) is 2.75. The number of hydrogen-bond acceptors (Lipinski definition) is 4. The van der Waals surface area contributed by atoms with E-state index in [9.17, 15) is 9.90 Å². The molecule has 5 nitrogen and oxygen atoms in total. The number of likely N-dealkylation sites (tertiary alicyclic amines) is 1. The first-order chi connectivity index (χ1) is 14.0. The van der Waals surface area contributed by atoms with Crippen LogP contribution in [-0.4, -0.2) is 47.4 Å². The number of aromatic nitrogens is 1. The predicted molar refractivity (Wildman–Crippen MR) is 117 cm³/mol. The van der Waals surface area contributed by atoms with E-state index in [1.807, 2.05) is 12.3 Å². The predicted octanol–water partition coefficient (Wildman–Crippen LogP) is 3.50. The summed E-state index contributed by atoms with van der Waals surface area (Å²) in [6.07, 6.45) is 7.93. The van der Waals surface area contributed by atoms with Gasteiger partial charge in [0.25, 0.3) is 0 Å². The van der Waals surface area contributed by atoms with Crippen LogP contribution in [0.3, 0.4) is 0 Å². The van der Waals surface area contributed by atoms with Crippen molar-refractivity contribution in [2.24, 2.45) is 11.7 Å². The lowest BCUT2D eigenvalue weighted by molar-refractivity contribution is -0.147. The van der Waals surface area contributed by atoms with E-state index in [1.165, 1.54) is 11.1 Å². The minimum absolute atomic E-state index is 0.00240. The van der Waals surface area contributed by atoms with Gasteiger partial charge in [-0.3, -0.25) is 14.7 Å². The van der Waals surface area contributed by atoms with Crippen molar-refractivity contribution in [1.82, 2.24) is 9.88 Å². The lowest BCUT2D eigenvalue weighted by Crippen LogP contribution is -2.56. The fourth-order valence-corrected chi connectivity index (χ4v) is 4.36. The SMILES string of the molecule is [B]CCCCC(N)(C(=O)O)C1CCN(Cc2ccccc2-c2cccnc2)CC1. The van der Waals surface area contributed by atoms with Gasteiger partial charge in [-0.1, -0.05) is 49.5 Å². The van der Waals surface area contributed by atoms with Crippen LogP contribution in [0.25, 0.3) is 11.1 Å². The zero-order valence-electron chi connectivity index (χ0n) is 17.0. The van der Waals surface area contributed by atoms with E-state index >= 15 is 0 Å². The third-order valence-corrected chi connectivity index (χ3v) is 6.14. The quantitative estimate of drug-likeness (QED) is 0.505. The van der Waals surface area contributed by atoms with E-state index in [0.29, 0.717) is 12.7 Å². The van der Waals surface area contributed by atoms with Gasteiger partial charge in [0, 0.05) is 24.5 Å². The first-order valence-corrected chi connectivity index (χ1v) is 10.5. The summed E-state index contributed by atoms with van der Waals surface area (Å²) < 4.78 is 0. The van der Waals surface area contributed by atoms with Gasteiger partial charge in [-0.2, -0.15) is 0 Å². The Hall–Kier alpha value is -2.18. The highest BCUT2D eigenvalue weighted by Crippen LogP contribution is 2.32. The molecule has 1 fully saturated rings. The Morgan fingerprint density at radius 1 is 1.21 bits per heavy atom. The van der Waals surface area contributed by atoms with Crippen LogP contribution < -0.4 is 5.73 Å². The molecule has 0 spiro atoms. The molecule has 1 atom stereocenters. The third-order valence-electron chi connectivity index (χ3n) is 6.14. The fraction of sp³-hybridized carbons (Fsp3) is 0.478. The molecule has 2 radical (unpaired) electrons. The summed E-state index contributed by atoms with van der Waals surface area (Å²) in [5, 5.41) is 9.77. The molecule has 2 heterocycles. The maximum absolute atomic E-state index is 11.9. The number of carboxylic acids is 1. The molecule has 1 saturated heterocycles. The molecule has 1 aliphatic rings. The minimum atomic E-state index is -1.14. The lowest BCUT2D eigenvalue weighted by atomic mass is 9.75. The smallest absolute Gasteiger partial charge is 0.323 e. The van der Waals surface area contributed by atoms with Crippen molar-refractivity contribution in [3.63, 3.8) is 0 Å². The van der Waals surface area contributed by atoms with E-state index in [4.69, 9.17) is 13.6 Å². The van der Waals surface area contributed by atoms with Crippen molar-refractivity contribution in [1.29, 1.82) is 0 Å². The standard InChI is InChI=1S/C23H30BN3O2/c24-12-4-3-11-23(25,22(28)29)20-9-14-27(15-10-20)17-19-6-1-2-8-21(19)18-7-5-13-26-16-18/h1-2,5-8,13,16,20H,3-4,9-12,14-15,17,25H2,(H,28,29). The zero-order chi connectivity index (χ0) is 20.7. The van der Waals surface area contributed by atoms with E-state index < -0.39 is 11.5 Å². The summed E-state index contributed by atoms with van der Waals surface area (Å²) in [4.78, 5) is 18.6. The summed E-state index contributed by atoms with van der Waals surface area (Å²) in [5.41, 5.74) is 8.82. The van der Waals surface area contributed by atoms with Crippen LogP contribution >= 0.6 is 0 Å². The molecule has 0 aliphatic carbocycles. The van der Waals surface area contributed by atoms with Crippen molar-refractivity contribution in [3.8, 4) is 11.1 Å². The highest BCUT2D eigenvalue weighted by molar-refractivity contribution is 6.08. The number of piperidine rings is 1. The number of aliphatic carboxylic acids is 1. The Balaban J connectivity index is 1.64. The van der Waals surface area contributed by atoms with Gasteiger partial charge < -0.3 is 10.8 Å². The summed E-state index contributed by atoms with van der Waals surface area (Å²) in [5.74, 6) is -0.877. The van der Waals surface area contributed by atoms with Crippen molar-refractivity contribution >= 4 is 13.8 Å². The largest absolute Gasteiger partial charge is 0.480 e. The molecule has 3 N–H and O–H groups in total. The molecule has 1 aromatic carbocycles. The Kier molecular flexibility index (Phi) is 7.45. The molecule has 29 heavy (non-hydrogen) atoms. The molecule has 152 valence electrons. The number of carboxylic acid groups (broad SMARTS) is 1. The minimum Gasteiger partial charge on any atom is -0.480 e. The molecule has 6 heteroatoms. The van der Waals surface area contributed by atoms with Crippen LogP contribution in [0.5, 0.6) is 0 Å². The molecule has 1 aliphatic heterocycles. The maximum Gasteiger partial charge on any atom is 0.323 e. The number of rotatable bonds is 9. The molecular formula is C23H30BN3O2. The number of hydrogen-bond donors (Lipinski definition) is 2. The van der Waals surface area contributed by atoms with Gasteiger partial charge in [0.2, 0.25) is 0 Å². The lowest BCUT2D eigenvalue weighted by Gasteiger charge is -2.40. The van der Waals surface area contributed by atoms with Crippen molar-refractivity contribution in [2.45, 2.75) is 50.5 Å². The number of unbranched alkanes of at least 4 members (excludes halogenated alkanes) is 1. The summed E-state index contributed by atoms with van der Waals surface area (Å²) in [6.45, 7) is 2.56. The number of carbonyl (C=O) groups is 1. The van der Waals surface area contributed by atoms with Gasteiger partial charge >= 0.3 is 5.97 Å². The van der Waals surface area contributed by atoms with Gasteiger partial charge in [-0.05, 0) is 55.5 Å². The van der Waals surface area contributed by atoms with Crippen molar-refractivity contribution < 1.29 is 9.90 Å². The summed E-state index contributed by atoms with van der Waals surface area (Å²) >= 11 is 0. The molecule has 0 bridgehead atoms. The molecule has 3 rings (SSSR count). The molecular weight excluding hydrogens is 361 g/mol. The van der Waals surface area contributed by atoms with Crippen molar-refractivity contribution in [3.05, 3.63) is 54.4 Å². The average molecular weight is 391 g/mol. The molecule has 2 aromatic rings. The fourth-order valence-electron chi connectivity index (χ4n) is 4.36. The molecule has 1 unspecified atom stereocenters. The van der Waals surface area contributed by atoms with Gasteiger partial charge in [0.05, 0.1) is 7.85 Å². The molecule has 0 amide bonds. The van der Waals surface area contributed by atoms with Crippen LogP contribution in [0, 0.1) is 5.92 Å². The third kappa shape index (κ3) is 5.25. The van der Waals surface area contributed by atoms with E-state index in [-0.39, 0.29) is 5.92 Å². The first-order valence-electron chi connectivity index (χ1n) is 10.5. The Labute approximate surface area is 174 Å². The van der Waals surface area contributed by atoms with Crippen LogP contribution in [0.1, 0.15) is 37.7 Å². The topological polar surface area (TPSA) is 79.5 Å². The van der Waals surface area contributed by atoms with Crippen LogP contribution in [0.15, 0.2) is 48.8 Å². The monoisotopic (exact) mass is 391 g/mol. The van der Waals surface area contributed by atoms with E-state index in [1.54, 1.807) is 6.20 Å². The van der Waals surface area contributed by atoms with Gasteiger partial charge in [-0.25, -0.2) is 0 Å². The Bertz CT molecular complexity index is 794. The Morgan fingerprint density at radius 3 is 2.62 bits per heavy atom. The molecule has 0 saturated carbocycles. The zero-order valence-corrected chi connectivity index (χ0v) is 17.0. The first kappa shape index (κ1) is 21.5. The maximum atomic E-state index is 11.9. The van der Waals surface area contributed by atoms with Crippen LogP contribution in [0.2, 0.25) is 6.32 Å². The summed E-state index contributed by atoms with van der Waals surface area (Å²) in [7, 11) is 5.56. The number of nitrogens with two attached hydrogens (primary N) is 1. The Morgan fingerprint density at radius 2 is 1.97 bits per heavy atom. The highest BCUT2D eigenvalue weighted by atomic mass is 16.4. The van der Waals surface area contributed by atoms with E-state index in [2.05, 4.69) is 40.2 Å². The second-order valence-corrected chi connectivity index (χ2v) is 8.04. The summed E-state index contributed by atoms with van der Waals surface area (Å²) in [6, 6.07) is 12.4. The normalized spacial score (nSPS) is 17.7. The highest BCUT2D eigenvalue weighted by Gasteiger charge is 2.42. The number of nitrogens with zero attached hydrogens (tertiary/aromatic N) is 2. The van der Waals surface area contributed by atoms with Crippen LogP contribution in [0.4, 0.5) is 0 Å². The van der Waals surface area contributed by atoms with E-state index in [0.717, 1.165) is 50.9 Å². The second-order valence-electron chi connectivity index (χ2n) is 8.04. The van der Waals surface area contributed by atoms with Gasteiger partial charge in [0.15, 0.2) is 0 Å².